The first-order chi connectivity index (χ1) is 7.06. The number of thiol groups is 1. The molecule has 80 valence electrons. The average molecular weight is 231 g/mol. The molecule has 3 nitrogen and oxygen atoms in total. The lowest BCUT2D eigenvalue weighted by atomic mass is 10.1. The van der Waals surface area contributed by atoms with Gasteiger partial charge in [-0.25, -0.2) is 4.39 Å². The number of halogens is 2. The Morgan fingerprint density at radius 3 is 2.60 bits per heavy atom. The van der Waals surface area contributed by atoms with E-state index in [-0.39, 0.29) is 5.56 Å². The van der Waals surface area contributed by atoms with Gasteiger partial charge in [0.05, 0.1) is 11.0 Å². The van der Waals surface area contributed by atoms with E-state index >= 15 is 0 Å². The lowest BCUT2D eigenvalue weighted by Crippen LogP contribution is -1.95. The second-order valence-electron chi connectivity index (χ2n) is 2.67. The molecule has 1 aromatic carbocycles. The Hall–Kier alpha value is -1.43. The molecule has 0 aromatic heterocycles. The lowest BCUT2D eigenvalue weighted by Gasteiger charge is -1.98. The van der Waals surface area contributed by atoms with E-state index in [0.717, 1.165) is 6.07 Å². The van der Waals surface area contributed by atoms with Gasteiger partial charge in [0.15, 0.2) is 0 Å². The Kier molecular flexibility index (Phi) is 3.79. The fraction of sp³-hybridized carbons (Fsp3) is 0.111. The summed E-state index contributed by atoms with van der Waals surface area (Å²) in [6.45, 7) is 0. The van der Waals surface area contributed by atoms with Gasteiger partial charge < -0.3 is 0 Å². The third kappa shape index (κ3) is 2.76. The maximum Gasteiger partial charge on any atom is 0.307 e. The predicted molar refractivity (Wildman–Crippen MR) is 55.9 cm³/mol. The van der Waals surface area contributed by atoms with E-state index in [1.807, 2.05) is 0 Å². The Morgan fingerprint density at radius 1 is 1.40 bits per heavy atom. The standard InChI is InChI=1S/C9H7F2NO2S/c10-7-5-9(12(13)14)8(11)4-6(7)2-1-3-15/h1-2,4-5,15H,3H2. The molecule has 0 bridgehead atoms. The molecule has 0 amide bonds. The van der Waals surface area contributed by atoms with E-state index < -0.39 is 22.2 Å². The Morgan fingerprint density at radius 2 is 2.07 bits per heavy atom. The van der Waals surface area contributed by atoms with Gasteiger partial charge in [0.2, 0.25) is 5.82 Å². The van der Waals surface area contributed by atoms with Crippen molar-refractivity contribution < 1.29 is 13.7 Å². The van der Waals surface area contributed by atoms with E-state index in [2.05, 4.69) is 12.6 Å². The van der Waals surface area contributed by atoms with Crippen molar-refractivity contribution in [3.63, 3.8) is 0 Å². The van der Waals surface area contributed by atoms with Crippen LogP contribution in [0, 0.1) is 21.7 Å². The van der Waals surface area contributed by atoms with Crippen molar-refractivity contribution >= 4 is 24.4 Å². The predicted octanol–water partition coefficient (Wildman–Crippen LogP) is 2.82. The zero-order valence-electron chi connectivity index (χ0n) is 7.48. The van der Waals surface area contributed by atoms with Crippen LogP contribution in [0.1, 0.15) is 5.56 Å². The maximum atomic E-state index is 13.2. The zero-order valence-corrected chi connectivity index (χ0v) is 8.38. The van der Waals surface area contributed by atoms with E-state index in [9.17, 15) is 18.9 Å². The minimum absolute atomic E-state index is 0.0350. The molecule has 0 saturated heterocycles. The van der Waals surface area contributed by atoms with Crippen molar-refractivity contribution in [3.05, 3.63) is 45.5 Å². The molecule has 15 heavy (non-hydrogen) atoms. The third-order valence-corrected chi connectivity index (χ3v) is 1.88. The van der Waals surface area contributed by atoms with Crippen LogP contribution in [0.3, 0.4) is 0 Å². The van der Waals surface area contributed by atoms with Crippen molar-refractivity contribution in [1.82, 2.24) is 0 Å². The monoisotopic (exact) mass is 231 g/mol. The van der Waals surface area contributed by atoms with Gasteiger partial charge in [0.25, 0.3) is 0 Å². The summed E-state index contributed by atoms with van der Waals surface area (Å²) in [6, 6.07) is 1.35. The number of nitro benzene ring substituents is 1. The maximum absolute atomic E-state index is 13.2. The second-order valence-corrected chi connectivity index (χ2v) is 3.03. The van der Waals surface area contributed by atoms with Gasteiger partial charge in [-0.1, -0.05) is 12.2 Å². The van der Waals surface area contributed by atoms with Crippen molar-refractivity contribution in [2.45, 2.75) is 0 Å². The molecule has 0 saturated carbocycles. The summed E-state index contributed by atoms with van der Waals surface area (Å²) in [5, 5.41) is 10.3. The third-order valence-electron chi connectivity index (χ3n) is 1.67. The van der Waals surface area contributed by atoms with Crippen molar-refractivity contribution in [1.29, 1.82) is 0 Å². The van der Waals surface area contributed by atoms with E-state index in [1.165, 1.54) is 12.2 Å². The Balaban J connectivity index is 3.19. The van der Waals surface area contributed by atoms with Gasteiger partial charge in [-0.05, 0) is 6.07 Å². The largest absolute Gasteiger partial charge is 0.307 e. The van der Waals surface area contributed by atoms with E-state index in [4.69, 9.17) is 0 Å². The first-order valence-electron chi connectivity index (χ1n) is 3.97. The van der Waals surface area contributed by atoms with Crippen LogP contribution in [0.4, 0.5) is 14.5 Å². The normalized spacial score (nSPS) is 10.9. The van der Waals surface area contributed by atoms with Crippen LogP contribution < -0.4 is 0 Å². The molecule has 0 aliphatic carbocycles. The van der Waals surface area contributed by atoms with Crippen LogP contribution in [0.25, 0.3) is 6.08 Å². The van der Waals surface area contributed by atoms with Crippen LogP contribution in [-0.4, -0.2) is 10.7 Å². The highest BCUT2D eigenvalue weighted by Gasteiger charge is 2.17. The van der Waals surface area contributed by atoms with Gasteiger partial charge in [0, 0.05) is 11.3 Å². The number of benzene rings is 1. The van der Waals surface area contributed by atoms with Crippen LogP contribution in [0.15, 0.2) is 18.2 Å². The number of hydrogen-bond acceptors (Lipinski definition) is 3. The SMILES string of the molecule is O=[N+]([O-])c1cc(F)c(C=CCS)cc1F. The zero-order chi connectivity index (χ0) is 11.4. The van der Waals surface area contributed by atoms with Crippen molar-refractivity contribution in [3.8, 4) is 0 Å². The quantitative estimate of drug-likeness (QED) is 0.494. The molecule has 0 aliphatic rings. The minimum Gasteiger partial charge on any atom is -0.258 e. The molecule has 0 N–H and O–H groups in total. The van der Waals surface area contributed by atoms with Crippen LogP contribution in [0.5, 0.6) is 0 Å². The van der Waals surface area contributed by atoms with Crippen molar-refractivity contribution in [2.75, 3.05) is 5.75 Å². The number of nitro groups is 1. The molecule has 0 unspecified atom stereocenters. The second kappa shape index (κ2) is 4.88. The molecular formula is C9H7F2NO2S. The summed E-state index contributed by atoms with van der Waals surface area (Å²) in [7, 11) is 0. The van der Waals surface area contributed by atoms with Gasteiger partial charge in [0.1, 0.15) is 5.82 Å². The molecule has 0 fully saturated rings. The van der Waals surface area contributed by atoms with Crippen molar-refractivity contribution in [2.24, 2.45) is 0 Å². The van der Waals surface area contributed by atoms with Crippen LogP contribution in [-0.2, 0) is 0 Å². The van der Waals surface area contributed by atoms with Gasteiger partial charge >= 0.3 is 5.69 Å². The van der Waals surface area contributed by atoms with Gasteiger partial charge in [-0.2, -0.15) is 17.0 Å². The highest BCUT2D eigenvalue weighted by atomic mass is 32.1. The molecule has 0 heterocycles. The fourth-order valence-corrected chi connectivity index (χ4v) is 1.10. The summed E-state index contributed by atoms with van der Waals surface area (Å²) in [5.41, 5.74) is -0.900. The number of hydrogen-bond donors (Lipinski definition) is 1. The average Bonchev–Trinajstić information content (AvgIpc) is 2.18. The number of nitrogens with zero attached hydrogens (tertiary/aromatic N) is 1. The number of rotatable bonds is 3. The highest BCUT2D eigenvalue weighted by molar-refractivity contribution is 7.80. The summed E-state index contributed by atoms with van der Waals surface area (Å²) < 4.78 is 26.2. The van der Waals surface area contributed by atoms with Gasteiger partial charge in [-0.3, -0.25) is 10.1 Å². The molecule has 0 atom stereocenters. The summed E-state index contributed by atoms with van der Waals surface area (Å²) >= 11 is 3.85. The smallest absolute Gasteiger partial charge is 0.258 e. The summed E-state index contributed by atoms with van der Waals surface area (Å²) in [4.78, 5) is 9.30. The molecule has 1 rings (SSSR count). The topological polar surface area (TPSA) is 43.1 Å². The first kappa shape index (κ1) is 11.6. The highest BCUT2D eigenvalue weighted by Crippen LogP contribution is 2.22. The van der Waals surface area contributed by atoms with Crippen LogP contribution >= 0.6 is 12.6 Å². The van der Waals surface area contributed by atoms with Crippen LogP contribution in [0.2, 0.25) is 0 Å². The molecule has 0 aliphatic heterocycles. The minimum atomic E-state index is -1.06. The van der Waals surface area contributed by atoms with E-state index in [0.29, 0.717) is 11.8 Å². The molecule has 0 spiro atoms. The fourth-order valence-electron chi connectivity index (χ4n) is 0.999. The molecule has 1 aromatic rings. The molecular weight excluding hydrogens is 224 g/mol. The summed E-state index contributed by atoms with van der Waals surface area (Å²) in [6.07, 6.45) is 2.82. The molecule has 0 radical (unpaired) electrons. The Bertz CT molecular complexity index is 421. The summed E-state index contributed by atoms with van der Waals surface area (Å²) in [5.74, 6) is -1.51. The van der Waals surface area contributed by atoms with Gasteiger partial charge in [-0.15, -0.1) is 0 Å². The Labute approximate surface area is 90.0 Å². The lowest BCUT2D eigenvalue weighted by molar-refractivity contribution is -0.387. The van der Waals surface area contributed by atoms with E-state index in [1.54, 1.807) is 0 Å². The molecule has 6 heteroatoms. The first-order valence-corrected chi connectivity index (χ1v) is 4.60.